The zero-order valence-corrected chi connectivity index (χ0v) is 16.4. The van der Waals surface area contributed by atoms with Crippen molar-refractivity contribution in [1.82, 2.24) is 15.0 Å². The van der Waals surface area contributed by atoms with Crippen molar-refractivity contribution in [2.45, 2.75) is 31.0 Å². The Morgan fingerprint density at radius 2 is 1.93 bits per heavy atom. The van der Waals surface area contributed by atoms with Gasteiger partial charge in [-0.15, -0.1) is 0 Å². The first kappa shape index (κ1) is 21.7. The van der Waals surface area contributed by atoms with Gasteiger partial charge in [-0.3, -0.25) is 10.4 Å². The van der Waals surface area contributed by atoms with Crippen LogP contribution in [0.25, 0.3) is 0 Å². The van der Waals surface area contributed by atoms with Crippen LogP contribution in [0.1, 0.15) is 30.1 Å². The molecular formula is C20H22F3N5O2. The van der Waals surface area contributed by atoms with E-state index in [-0.39, 0.29) is 55.7 Å². The number of aliphatic imine (C=N–C) groups is 1. The number of rotatable bonds is 5. The minimum Gasteiger partial charge on any atom is -0.388 e. The summed E-state index contributed by atoms with van der Waals surface area (Å²) in [5, 5.41) is 20.8. The molecule has 0 bridgehead atoms. The van der Waals surface area contributed by atoms with Crippen LogP contribution < -0.4 is 0 Å². The first-order valence-electron chi connectivity index (χ1n) is 9.35. The average Bonchev–Trinajstić information content (AvgIpc) is 3.23. The number of aliphatic hydroxyl groups excluding tert-OH is 1. The van der Waals surface area contributed by atoms with Crippen LogP contribution in [0.15, 0.2) is 52.0 Å². The van der Waals surface area contributed by atoms with Gasteiger partial charge in [0.05, 0.1) is 5.41 Å². The first-order chi connectivity index (χ1) is 14.3. The number of benzene rings is 1. The van der Waals surface area contributed by atoms with Gasteiger partial charge in [-0.2, -0.15) is 18.2 Å². The zero-order valence-electron chi connectivity index (χ0n) is 16.4. The summed E-state index contributed by atoms with van der Waals surface area (Å²) in [4.78, 5) is 9.56. The van der Waals surface area contributed by atoms with Gasteiger partial charge in [-0.05, 0) is 30.6 Å². The van der Waals surface area contributed by atoms with E-state index in [0.717, 1.165) is 0 Å². The quantitative estimate of drug-likeness (QED) is 0.571. The largest absolute Gasteiger partial charge is 0.398 e. The molecule has 3 rings (SSSR count). The Balaban J connectivity index is 1.70. The number of nitrogens with zero attached hydrogens (tertiary/aromatic N) is 4. The molecule has 2 N–H and O–H groups in total. The lowest BCUT2D eigenvalue weighted by atomic mass is 9.72. The number of likely N-dealkylation sites (tertiary alicyclic amines) is 1. The molecule has 1 aromatic carbocycles. The van der Waals surface area contributed by atoms with E-state index < -0.39 is 11.6 Å². The van der Waals surface area contributed by atoms with E-state index in [1.54, 1.807) is 23.1 Å². The molecule has 1 aromatic heterocycles. The number of hydrogen-bond donors (Lipinski definition) is 2. The third-order valence-electron chi connectivity index (χ3n) is 5.30. The molecule has 0 radical (unpaired) electrons. The minimum absolute atomic E-state index is 0.0712. The van der Waals surface area contributed by atoms with E-state index in [2.05, 4.69) is 15.1 Å². The van der Waals surface area contributed by atoms with Gasteiger partial charge < -0.3 is 14.5 Å². The molecule has 0 aliphatic carbocycles. The second kappa shape index (κ2) is 8.78. The maximum Gasteiger partial charge on any atom is 0.398 e. The van der Waals surface area contributed by atoms with E-state index in [4.69, 9.17) is 15.0 Å². The van der Waals surface area contributed by atoms with Crippen molar-refractivity contribution in [2.75, 3.05) is 20.1 Å². The third kappa shape index (κ3) is 4.28. The number of amidine groups is 1. The Morgan fingerprint density at radius 1 is 1.27 bits per heavy atom. The molecule has 1 saturated heterocycles. The predicted molar refractivity (Wildman–Crippen MR) is 105 cm³/mol. The van der Waals surface area contributed by atoms with Gasteiger partial charge in [0.2, 0.25) is 0 Å². The fraction of sp³-hybridized carbons (Fsp3) is 0.400. The summed E-state index contributed by atoms with van der Waals surface area (Å²) >= 11 is 0. The van der Waals surface area contributed by atoms with Crippen molar-refractivity contribution >= 4 is 11.5 Å². The molecule has 0 spiro atoms. The van der Waals surface area contributed by atoms with Crippen molar-refractivity contribution in [3.05, 3.63) is 59.8 Å². The summed E-state index contributed by atoms with van der Waals surface area (Å²) in [6.07, 6.45) is -1.71. The molecule has 0 amide bonds. The molecule has 2 aromatic rings. The monoisotopic (exact) mass is 421 g/mol. The van der Waals surface area contributed by atoms with Crippen LogP contribution in [0.2, 0.25) is 0 Å². The highest BCUT2D eigenvalue weighted by atomic mass is 19.4. The van der Waals surface area contributed by atoms with Gasteiger partial charge in [0.25, 0.3) is 5.89 Å². The second-order valence-electron chi connectivity index (χ2n) is 6.93. The van der Waals surface area contributed by atoms with Crippen LogP contribution in [0.3, 0.4) is 0 Å². The Morgan fingerprint density at radius 3 is 2.47 bits per heavy atom. The summed E-state index contributed by atoms with van der Waals surface area (Å²) < 4.78 is 46.9. The van der Waals surface area contributed by atoms with E-state index in [0.29, 0.717) is 5.71 Å². The van der Waals surface area contributed by atoms with Gasteiger partial charge in [-0.25, -0.2) is 0 Å². The van der Waals surface area contributed by atoms with Crippen molar-refractivity contribution in [3.63, 3.8) is 0 Å². The molecule has 160 valence electrons. The molecule has 1 fully saturated rings. The van der Waals surface area contributed by atoms with Gasteiger partial charge in [0.1, 0.15) is 18.2 Å². The number of aliphatic hydroxyl groups is 1. The van der Waals surface area contributed by atoms with Crippen LogP contribution >= 0.6 is 0 Å². The van der Waals surface area contributed by atoms with Gasteiger partial charge in [-0.1, -0.05) is 35.5 Å². The maximum atomic E-state index is 14.0. The lowest BCUT2D eigenvalue weighted by Crippen LogP contribution is -2.52. The van der Waals surface area contributed by atoms with E-state index >= 15 is 0 Å². The van der Waals surface area contributed by atoms with Crippen LogP contribution in [-0.2, 0) is 12.0 Å². The van der Waals surface area contributed by atoms with Gasteiger partial charge >= 0.3 is 6.18 Å². The fourth-order valence-corrected chi connectivity index (χ4v) is 3.55. The number of allylic oxidation sites excluding steroid dienone is 1. The normalized spacial score (nSPS) is 17.5. The molecule has 7 nitrogen and oxygen atoms in total. The highest BCUT2D eigenvalue weighted by Crippen LogP contribution is 2.48. The summed E-state index contributed by atoms with van der Waals surface area (Å²) in [5.41, 5.74) is -1.34. The SMILES string of the molecule is CN=C(/C=C\C(=N)N1CCC(c2ccccc2)(C(F)(F)F)CC1)c1nc(CO)no1. The molecule has 0 atom stereocenters. The van der Waals surface area contributed by atoms with Crippen molar-refractivity contribution < 1.29 is 22.8 Å². The minimum atomic E-state index is -4.37. The fourth-order valence-electron chi connectivity index (χ4n) is 3.55. The Bertz CT molecular complexity index is 929. The first-order valence-corrected chi connectivity index (χ1v) is 9.35. The number of piperidine rings is 1. The van der Waals surface area contributed by atoms with E-state index in [1.807, 2.05) is 0 Å². The average molecular weight is 421 g/mol. The number of hydrogen-bond acceptors (Lipinski definition) is 6. The molecule has 0 unspecified atom stereocenters. The third-order valence-corrected chi connectivity index (χ3v) is 5.30. The van der Waals surface area contributed by atoms with Crippen LogP contribution in [0, 0.1) is 5.41 Å². The van der Waals surface area contributed by atoms with Crippen LogP contribution in [0.5, 0.6) is 0 Å². The second-order valence-corrected chi connectivity index (χ2v) is 6.93. The van der Waals surface area contributed by atoms with Crippen molar-refractivity contribution in [2.24, 2.45) is 4.99 Å². The molecule has 1 aliphatic rings. The maximum absolute atomic E-state index is 14.0. The standard InChI is InChI=1S/C20H22F3N5O2/c1-25-15(18-26-17(13-29)27-30-18)7-8-16(24)28-11-9-19(10-12-28,20(21,22)23)14-5-3-2-4-6-14/h2-8,24,29H,9-13H2,1H3/b8-7-,24-16?,25-15?. The van der Waals surface area contributed by atoms with Crippen molar-refractivity contribution in [3.8, 4) is 0 Å². The number of aromatic nitrogens is 2. The Hall–Kier alpha value is -3.01. The summed E-state index contributed by atoms with van der Waals surface area (Å²) in [5.74, 6) is 0.265. The highest BCUT2D eigenvalue weighted by Gasteiger charge is 2.56. The number of nitrogens with one attached hydrogen (secondary N) is 1. The Kier molecular flexibility index (Phi) is 6.35. The number of halogens is 3. The molecule has 30 heavy (non-hydrogen) atoms. The summed E-state index contributed by atoms with van der Waals surface area (Å²) in [6.45, 7) is -0.174. The lowest BCUT2D eigenvalue weighted by Gasteiger charge is -2.43. The van der Waals surface area contributed by atoms with Crippen LogP contribution in [-0.4, -0.2) is 58.0 Å². The van der Waals surface area contributed by atoms with Gasteiger partial charge in [0.15, 0.2) is 5.82 Å². The summed E-state index contributed by atoms with van der Waals surface area (Å²) in [6, 6.07) is 7.96. The lowest BCUT2D eigenvalue weighted by molar-refractivity contribution is -0.201. The predicted octanol–water partition coefficient (Wildman–Crippen LogP) is 3.11. The van der Waals surface area contributed by atoms with E-state index in [9.17, 15) is 13.2 Å². The molecule has 2 heterocycles. The Labute approximate surface area is 171 Å². The van der Waals surface area contributed by atoms with Gasteiger partial charge in [0, 0.05) is 20.1 Å². The summed E-state index contributed by atoms with van der Waals surface area (Å²) in [7, 11) is 1.50. The topological polar surface area (TPSA) is 98.6 Å². The molecule has 10 heteroatoms. The van der Waals surface area contributed by atoms with Crippen LogP contribution in [0.4, 0.5) is 13.2 Å². The number of alkyl halides is 3. The molecule has 0 saturated carbocycles. The zero-order chi connectivity index (χ0) is 21.8. The van der Waals surface area contributed by atoms with Crippen molar-refractivity contribution in [1.29, 1.82) is 5.41 Å². The molecule has 1 aliphatic heterocycles. The highest BCUT2D eigenvalue weighted by molar-refractivity contribution is 6.08. The smallest absolute Gasteiger partial charge is 0.388 e. The van der Waals surface area contributed by atoms with E-state index in [1.165, 1.54) is 31.3 Å². The molecular weight excluding hydrogens is 399 g/mol.